The molecule has 0 amide bonds. The highest BCUT2D eigenvalue weighted by Gasteiger charge is 2.34. The number of halogens is 3. The molecular weight excluding hydrogens is 267 g/mol. The molecule has 1 aromatic carbocycles. The van der Waals surface area contributed by atoms with Gasteiger partial charge in [-0.15, -0.1) is 0 Å². The fourth-order valence-electron chi connectivity index (χ4n) is 2.68. The molecule has 0 unspecified atom stereocenters. The number of hydrogen-bond donors (Lipinski definition) is 0. The number of aromatic nitrogens is 2. The van der Waals surface area contributed by atoms with Crippen LogP contribution in [0, 0.1) is 5.92 Å². The summed E-state index contributed by atoms with van der Waals surface area (Å²) in [6.45, 7) is 3.83. The van der Waals surface area contributed by atoms with E-state index in [0.717, 1.165) is 31.3 Å². The predicted molar refractivity (Wildman–Crippen MR) is 70.5 cm³/mol. The van der Waals surface area contributed by atoms with Crippen LogP contribution in [0.2, 0.25) is 0 Å². The molecule has 1 fully saturated rings. The Morgan fingerprint density at radius 2 is 1.85 bits per heavy atom. The van der Waals surface area contributed by atoms with Crippen LogP contribution < -0.4 is 4.90 Å². The van der Waals surface area contributed by atoms with Crippen LogP contribution in [0.1, 0.15) is 18.9 Å². The van der Waals surface area contributed by atoms with Gasteiger partial charge in [0, 0.05) is 25.5 Å². The molecule has 106 valence electrons. The molecule has 1 aliphatic heterocycles. The summed E-state index contributed by atoms with van der Waals surface area (Å²) in [5.41, 5.74) is 0.274. The minimum absolute atomic E-state index is 0.0722. The lowest BCUT2D eigenvalue weighted by atomic mass is 10.1. The van der Waals surface area contributed by atoms with E-state index < -0.39 is 11.7 Å². The van der Waals surface area contributed by atoms with Gasteiger partial charge in [-0.2, -0.15) is 13.2 Å². The molecule has 3 rings (SSSR count). The van der Waals surface area contributed by atoms with Crippen LogP contribution in [-0.4, -0.2) is 23.1 Å². The first-order valence-corrected chi connectivity index (χ1v) is 6.52. The highest BCUT2D eigenvalue weighted by atomic mass is 19.4. The Morgan fingerprint density at radius 3 is 2.45 bits per heavy atom. The SMILES string of the molecule is C[C@H]1CCN(c2ccc(C(F)(F)F)c3nccnc23)C1. The lowest BCUT2D eigenvalue weighted by Crippen LogP contribution is -2.20. The van der Waals surface area contributed by atoms with Gasteiger partial charge in [0.15, 0.2) is 0 Å². The maximum Gasteiger partial charge on any atom is 0.418 e. The Morgan fingerprint density at radius 1 is 1.15 bits per heavy atom. The molecule has 0 radical (unpaired) electrons. The second-order valence-electron chi connectivity index (χ2n) is 5.22. The average molecular weight is 281 g/mol. The smallest absolute Gasteiger partial charge is 0.369 e. The van der Waals surface area contributed by atoms with Crippen LogP contribution in [0.5, 0.6) is 0 Å². The van der Waals surface area contributed by atoms with Crippen molar-refractivity contribution in [2.75, 3.05) is 18.0 Å². The highest BCUT2D eigenvalue weighted by molar-refractivity contribution is 5.90. The van der Waals surface area contributed by atoms with Gasteiger partial charge in [0.1, 0.15) is 11.0 Å². The standard InChI is InChI=1S/C14H14F3N3/c1-9-4-7-20(8-9)11-3-2-10(14(15,16)17)12-13(11)19-6-5-18-12/h2-3,5-6,9H,4,7-8H2,1H3/t9-/m0/s1. The van der Waals surface area contributed by atoms with Crippen molar-refractivity contribution in [2.45, 2.75) is 19.5 Å². The van der Waals surface area contributed by atoms with E-state index in [1.54, 1.807) is 0 Å². The Balaban J connectivity index is 2.17. The van der Waals surface area contributed by atoms with Crippen molar-refractivity contribution in [3.8, 4) is 0 Å². The van der Waals surface area contributed by atoms with Gasteiger partial charge in [-0.25, -0.2) is 0 Å². The topological polar surface area (TPSA) is 29.0 Å². The van der Waals surface area contributed by atoms with Gasteiger partial charge >= 0.3 is 6.18 Å². The number of fused-ring (bicyclic) bond motifs is 1. The molecule has 3 nitrogen and oxygen atoms in total. The summed E-state index contributed by atoms with van der Waals surface area (Å²) in [6, 6.07) is 2.62. The molecule has 0 aliphatic carbocycles. The van der Waals surface area contributed by atoms with Crippen molar-refractivity contribution < 1.29 is 13.2 Å². The zero-order valence-electron chi connectivity index (χ0n) is 11.0. The summed E-state index contributed by atoms with van der Waals surface area (Å²) in [7, 11) is 0. The number of alkyl halides is 3. The van der Waals surface area contributed by atoms with Crippen LogP contribution in [-0.2, 0) is 6.18 Å². The van der Waals surface area contributed by atoms with E-state index in [1.807, 2.05) is 0 Å². The van der Waals surface area contributed by atoms with Crippen molar-refractivity contribution in [1.29, 1.82) is 0 Å². The fraction of sp³-hybridized carbons (Fsp3) is 0.429. The van der Waals surface area contributed by atoms with Gasteiger partial charge in [0.25, 0.3) is 0 Å². The molecule has 0 bridgehead atoms. The molecule has 2 heterocycles. The molecule has 2 aromatic rings. The van der Waals surface area contributed by atoms with Gasteiger partial charge in [-0.3, -0.25) is 9.97 Å². The fourth-order valence-corrected chi connectivity index (χ4v) is 2.68. The number of hydrogen-bond acceptors (Lipinski definition) is 3. The second kappa shape index (κ2) is 4.61. The summed E-state index contributed by atoms with van der Waals surface area (Å²) in [6.07, 6.45) is -0.632. The third kappa shape index (κ3) is 2.19. The third-order valence-electron chi connectivity index (χ3n) is 3.67. The first-order valence-electron chi connectivity index (χ1n) is 6.52. The number of benzene rings is 1. The van der Waals surface area contributed by atoms with E-state index in [0.29, 0.717) is 11.4 Å². The zero-order chi connectivity index (χ0) is 14.3. The molecule has 1 aromatic heterocycles. The Bertz CT molecular complexity index is 639. The predicted octanol–water partition coefficient (Wildman–Crippen LogP) is 3.49. The zero-order valence-corrected chi connectivity index (χ0v) is 11.0. The van der Waals surface area contributed by atoms with E-state index in [-0.39, 0.29) is 5.52 Å². The van der Waals surface area contributed by atoms with Crippen molar-refractivity contribution >= 4 is 16.7 Å². The summed E-state index contributed by atoms with van der Waals surface area (Å²) in [5, 5.41) is 0. The van der Waals surface area contributed by atoms with Crippen molar-refractivity contribution in [1.82, 2.24) is 9.97 Å². The Kier molecular flexibility index (Phi) is 3.03. The molecule has 0 saturated carbocycles. The van der Waals surface area contributed by atoms with E-state index in [1.165, 1.54) is 18.5 Å². The van der Waals surface area contributed by atoms with Crippen LogP contribution in [0.3, 0.4) is 0 Å². The average Bonchev–Trinajstić information content (AvgIpc) is 2.83. The summed E-state index contributed by atoms with van der Waals surface area (Å²) in [4.78, 5) is 10.1. The van der Waals surface area contributed by atoms with Gasteiger partial charge in [-0.05, 0) is 24.5 Å². The van der Waals surface area contributed by atoms with E-state index in [2.05, 4.69) is 21.8 Å². The van der Waals surface area contributed by atoms with Crippen molar-refractivity contribution in [2.24, 2.45) is 5.92 Å². The summed E-state index contributed by atoms with van der Waals surface area (Å²) < 4.78 is 39.0. The minimum Gasteiger partial charge on any atom is -0.369 e. The first-order chi connectivity index (χ1) is 9.47. The van der Waals surface area contributed by atoms with Crippen LogP contribution in [0.25, 0.3) is 11.0 Å². The van der Waals surface area contributed by atoms with E-state index in [4.69, 9.17) is 0 Å². The van der Waals surface area contributed by atoms with Gasteiger partial charge in [-0.1, -0.05) is 6.92 Å². The van der Waals surface area contributed by atoms with Gasteiger partial charge < -0.3 is 4.90 Å². The Labute approximate surface area is 114 Å². The molecule has 0 N–H and O–H groups in total. The second-order valence-corrected chi connectivity index (χ2v) is 5.22. The molecular formula is C14H14F3N3. The molecule has 1 aliphatic rings. The molecule has 1 atom stereocenters. The number of anilines is 1. The number of nitrogens with zero attached hydrogens (tertiary/aromatic N) is 3. The molecule has 0 spiro atoms. The first kappa shape index (κ1) is 13.1. The minimum atomic E-state index is -4.41. The van der Waals surface area contributed by atoms with E-state index in [9.17, 15) is 13.2 Å². The van der Waals surface area contributed by atoms with Crippen molar-refractivity contribution in [3.63, 3.8) is 0 Å². The van der Waals surface area contributed by atoms with Gasteiger partial charge in [0.2, 0.25) is 0 Å². The third-order valence-corrected chi connectivity index (χ3v) is 3.67. The van der Waals surface area contributed by atoms with E-state index >= 15 is 0 Å². The molecule has 20 heavy (non-hydrogen) atoms. The quantitative estimate of drug-likeness (QED) is 0.801. The maximum absolute atomic E-state index is 13.0. The lowest BCUT2D eigenvalue weighted by molar-refractivity contribution is -0.136. The monoisotopic (exact) mass is 281 g/mol. The van der Waals surface area contributed by atoms with Crippen LogP contribution >= 0.6 is 0 Å². The lowest BCUT2D eigenvalue weighted by Gasteiger charge is -2.21. The summed E-state index contributed by atoms with van der Waals surface area (Å²) >= 11 is 0. The largest absolute Gasteiger partial charge is 0.418 e. The molecule has 6 heteroatoms. The van der Waals surface area contributed by atoms with Crippen molar-refractivity contribution in [3.05, 3.63) is 30.1 Å². The van der Waals surface area contributed by atoms with Crippen LogP contribution in [0.4, 0.5) is 18.9 Å². The maximum atomic E-state index is 13.0. The van der Waals surface area contributed by atoms with Gasteiger partial charge in [0.05, 0.1) is 11.3 Å². The number of rotatable bonds is 1. The molecule has 1 saturated heterocycles. The Hall–Kier alpha value is -1.85. The van der Waals surface area contributed by atoms with Crippen LogP contribution in [0.15, 0.2) is 24.5 Å². The highest BCUT2D eigenvalue weighted by Crippen LogP contribution is 2.37. The summed E-state index contributed by atoms with van der Waals surface area (Å²) in [5.74, 6) is 0.545. The normalized spacial score (nSPS) is 19.8.